The summed E-state index contributed by atoms with van der Waals surface area (Å²) in [6.07, 6.45) is 0. The molecule has 0 aromatic carbocycles. The lowest BCUT2D eigenvalue weighted by molar-refractivity contribution is 0.212. The Morgan fingerprint density at radius 2 is 2.36 bits per heavy atom. The number of rotatable bonds is 1. The van der Waals surface area contributed by atoms with E-state index in [1.165, 1.54) is 7.11 Å². The second kappa shape index (κ2) is 4.54. The van der Waals surface area contributed by atoms with Crippen molar-refractivity contribution in [3.05, 3.63) is 0 Å². The average Bonchev–Trinajstić information content (AvgIpc) is 2.13. The van der Waals surface area contributed by atoms with Crippen molar-refractivity contribution in [2.75, 3.05) is 27.2 Å². The molecule has 1 fully saturated rings. The summed E-state index contributed by atoms with van der Waals surface area (Å²) in [5.41, 5.74) is 6.64. The Balaban J connectivity index is 0.000001000. The van der Waals surface area contributed by atoms with Gasteiger partial charge in [-0.25, -0.2) is 0 Å². The van der Waals surface area contributed by atoms with Crippen LogP contribution in [0.5, 0.6) is 0 Å². The Morgan fingerprint density at radius 1 is 1.73 bits per heavy atom. The van der Waals surface area contributed by atoms with Gasteiger partial charge in [-0.1, -0.05) is 5.16 Å². The maximum Gasteiger partial charge on any atom is 0.106 e. The van der Waals surface area contributed by atoms with Crippen LogP contribution in [0.2, 0.25) is 0 Å². The molecule has 2 N–H and O–H groups in total. The van der Waals surface area contributed by atoms with E-state index in [4.69, 9.17) is 5.73 Å². The minimum Gasteiger partial charge on any atom is -0.399 e. The zero-order chi connectivity index (χ0) is 7.56. The topological polar surface area (TPSA) is 50.8 Å². The minimum atomic E-state index is 0. The highest BCUT2D eigenvalue weighted by molar-refractivity contribution is 5.92. The van der Waals surface area contributed by atoms with Gasteiger partial charge in [0.25, 0.3) is 0 Å². The van der Waals surface area contributed by atoms with Crippen LogP contribution in [0.15, 0.2) is 5.16 Å². The summed E-state index contributed by atoms with van der Waals surface area (Å²) in [4.78, 5) is 6.74. The van der Waals surface area contributed by atoms with Crippen LogP contribution in [0, 0.1) is 0 Å². The molecule has 0 aliphatic carbocycles. The van der Waals surface area contributed by atoms with Gasteiger partial charge in [0.15, 0.2) is 0 Å². The maximum atomic E-state index is 5.70. The first kappa shape index (κ1) is 10.7. The quantitative estimate of drug-likeness (QED) is 0.562. The van der Waals surface area contributed by atoms with Gasteiger partial charge in [0.05, 0.1) is 11.8 Å². The van der Waals surface area contributed by atoms with Crippen molar-refractivity contribution in [3.63, 3.8) is 0 Å². The van der Waals surface area contributed by atoms with E-state index in [0.717, 1.165) is 18.8 Å². The maximum absolute atomic E-state index is 5.70. The standard InChI is InChI=1S/C6H13N3O.ClH/c1-9-3-5(7)6(4-9)8-10-2;/h5H,3-4,7H2,1-2H3;1H. The molecule has 0 bridgehead atoms. The Bertz CT molecular complexity index is 151. The van der Waals surface area contributed by atoms with Crippen LogP contribution in [0.25, 0.3) is 0 Å². The fraction of sp³-hybridized carbons (Fsp3) is 0.833. The fourth-order valence-corrected chi connectivity index (χ4v) is 1.11. The van der Waals surface area contributed by atoms with E-state index in [-0.39, 0.29) is 18.4 Å². The predicted molar refractivity (Wildman–Crippen MR) is 47.2 cm³/mol. The molecule has 5 heteroatoms. The first-order valence-corrected chi connectivity index (χ1v) is 3.28. The lowest BCUT2D eigenvalue weighted by Gasteiger charge is -2.02. The first-order chi connectivity index (χ1) is 4.74. The summed E-state index contributed by atoms with van der Waals surface area (Å²) < 4.78 is 0. The third-order valence-corrected chi connectivity index (χ3v) is 1.58. The number of likely N-dealkylation sites (N-methyl/N-ethyl adjacent to an activating group) is 1. The molecule has 1 aliphatic heterocycles. The van der Waals surface area contributed by atoms with Crippen molar-refractivity contribution in [3.8, 4) is 0 Å². The summed E-state index contributed by atoms with van der Waals surface area (Å²) in [6, 6.07) is 0.0601. The van der Waals surface area contributed by atoms with Gasteiger partial charge in [-0.05, 0) is 7.05 Å². The Labute approximate surface area is 72.8 Å². The number of nitrogens with two attached hydrogens (primary N) is 1. The van der Waals surface area contributed by atoms with Gasteiger partial charge >= 0.3 is 0 Å². The van der Waals surface area contributed by atoms with Gasteiger partial charge < -0.3 is 10.6 Å². The van der Waals surface area contributed by atoms with Crippen LogP contribution in [0.3, 0.4) is 0 Å². The van der Waals surface area contributed by atoms with E-state index >= 15 is 0 Å². The van der Waals surface area contributed by atoms with E-state index < -0.39 is 0 Å². The van der Waals surface area contributed by atoms with Crippen LogP contribution >= 0.6 is 12.4 Å². The molecular formula is C6H14ClN3O. The van der Waals surface area contributed by atoms with E-state index in [1.807, 2.05) is 7.05 Å². The van der Waals surface area contributed by atoms with Crippen LogP contribution in [0.4, 0.5) is 0 Å². The molecule has 1 heterocycles. The lowest BCUT2D eigenvalue weighted by Crippen LogP contribution is -2.29. The molecular weight excluding hydrogens is 166 g/mol. The molecule has 0 spiro atoms. The molecule has 1 saturated heterocycles. The smallest absolute Gasteiger partial charge is 0.106 e. The molecule has 66 valence electrons. The van der Waals surface area contributed by atoms with Crippen LogP contribution in [0.1, 0.15) is 0 Å². The summed E-state index contributed by atoms with van der Waals surface area (Å²) in [6.45, 7) is 1.71. The van der Waals surface area contributed by atoms with Crippen LogP contribution < -0.4 is 5.73 Å². The van der Waals surface area contributed by atoms with Crippen molar-refractivity contribution < 1.29 is 4.84 Å². The second-order valence-corrected chi connectivity index (χ2v) is 2.57. The van der Waals surface area contributed by atoms with Gasteiger partial charge in [0, 0.05) is 13.1 Å². The fourth-order valence-electron chi connectivity index (χ4n) is 1.11. The monoisotopic (exact) mass is 179 g/mol. The number of likely N-dealkylation sites (tertiary alicyclic amines) is 1. The molecule has 0 amide bonds. The first-order valence-electron chi connectivity index (χ1n) is 3.28. The van der Waals surface area contributed by atoms with Crippen molar-refractivity contribution in [1.29, 1.82) is 0 Å². The summed E-state index contributed by atoms with van der Waals surface area (Å²) >= 11 is 0. The highest BCUT2D eigenvalue weighted by Crippen LogP contribution is 2.01. The summed E-state index contributed by atoms with van der Waals surface area (Å²) in [7, 11) is 3.55. The average molecular weight is 180 g/mol. The predicted octanol–water partition coefficient (Wildman–Crippen LogP) is -0.317. The van der Waals surface area contributed by atoms with Gasteiger partial charge in [-0.2, -0.15) is 0 Å². The van der Waals surface area contributed by atoms with Crippen molar-refractivity contribution in [2.24, 2.45) is 10.9 Å². The number of hydrogen-bond acceptors (Lipinski definition) is 4. The van der Waals surface area contributed by atoms with Gasteiger partial charge in [0.1, 0.15) is 7.11 Å². The van der Waals surface area contributed by atoms with Crippen LogP contribution in [-0.4, -0.2) is 43.9 Å². The Morgan fingerprint density at radius 3 is 2.73 bits per heavy atom. The zero-order valence-electron chi connectivity index (χ0n) is 6.78. The van der Waals surface area contributed by atoms with Crippen molar-refractivity contribution >= 4 is 18.1 Å². The van der Waals surface area contributed by atoms with Crippen LogP contribution in [-0.2, 0) is 4.84 Å². The number of halogens is 1. The number of nitrogens with zero attached hydrogens (tertiary/aromatic N) is 2. The highest BCUT2D eigenvalue weighted by Gasteiger charge is 2.23. The molecule has 4 nitrogen and oxygen atoms in total. The Hall–Kier alpha value is -0.320. The van der Waals surface area contributed by atoms with Crippen molar-refractivity contribution in [1.82, 2.24) is 4.90 Å². The highest BCUT2D eigenvalue weighted by atomic mass is 35.5. The Kier molecular flexibility index (Phi) is 4.40. The van der Waals surface area contributed by atoms with Gasteiger partial charge in [0.2, 0.25) is 0 Å². The molecule has 0 saturated carbocycles. The molecule has 1 unspecified atom stereocenters. The summed E-state index contributed by atoms with van der Waals surface area (Å²) in [5, 5.41) is 3.81. The lowest BCUT2D eigenvalue weighted by atomic mass is 10.2. The van der Waals surface area contributed by atoms with Gasteiger partial charge in [-0.15, -0.1) is 12.4 Å². The third kappa shape index (κ3) is 2.65. The SMILES string of the molecule is CON=C1CN(C)CC1N.Cl. The van der Waals surface area contributed by atoms with Crippen molar-refractivity contribution in [2.45, 2.75) is 6.04 Å². The molecule has 0 radical (unpaired) electrons. The molecule has 1 rings (SSSR count). The summed E-state index contributed by atoms with van der Waals surface area (Å²) in [5.74, 6) is 0. The molecule has 11 heavy (non-hydrogen) atoms. The van der Waals surface area contributed by atoms with E-state index in [0.29, 0.717) is 0 Å². The largest absolute Gasteiger partial charge is 0.399 e. The van der Waals surface area contributed by atoms with E-state index in [1.54, 1.807) is 0 Å². The minimum absolute atomic E-state index is 0. The number of hydrogen-bond donors (Lipinski definition) is 1. The molecule has 1 atom stereocenters. The normalized spacial score (nSPS) is 28.6. The second-order valence-electron chi connectivity index (χ2n) is 2.57. The van der Waals surface area contributed by atoms with E-state index in [9.17, 15) is 0 Å². The number of oxime groups is 1. The third-order valence-electron chi connectivity index (χ3n) is 1.58. The molecule has 0 aromatic rings. The van der Waals surface area contributed by atoms with Gasteiger partial charge in [-0.3, -0.25) is 4.90 Å². The zero-order valence-corrected chi connectivity index (χ0v) is 7.60. The molecule has 1 aliphatic rings. The van der Waals surface area contributed by atoms with E-state index in [2.05, 4.69) is 14.9 Å². The molecule has 0 aromatic heterocycles.